The summed E-state index contributed by atoms with van der Waals surface area (Å²) in [6.45, 7) is 6.54. The molecule has 2 heterocycles. The largest absolute Gasteiger partial charge is 0.369 e. The average Bonchev–Trinajstić information content (AvgIpc) is 3.12. The summed E-state index contributed by atoms with van der Waals surface area (Å²) in [5.41, 5.74) is 4.68. The maximum absolute atomic E-state index is 12.0. The molecule has 1 aliphatic heterocycles. The average molecular weight is 391 g/mol. The van der Waals surface area contributed by atoms with E-state index in [9.17, 15) is 4.79 Å². The molecule has 2 aromatic rings. The zero-order valence-corrected chi connectivity index (χ0v) is 16.4. The molecule has 1 aromatic heterocycles. The number of anilines is 1. The number of halogens is 1. The molecular formula is C19H23ClN4OS. The number of thiophene rings is 1. The van der Waals surface area contributed by atoms with Crippen LogP contribution in [0.4, 0.5) is 5.69 Å². The van der Waals surface area contributed by atoms with Gasteiger partial charge in [-0.1, -0.05) is 29.8 Å². The number of hydrogen-bond acceptors (Lipinski definition) is 5. The Morgan fingerprint density at radius 3 is 2.54 bits per heavy atom. The van der Waals surface area contributed by atoms with Crippen LogP contribution in [0.3, 0.4) is 0 Å². The van der Waals surface area contributed by atoms with Crippen LogP contribution < -0.4 is 10.3 Å². The first-order valence-electron chi connectivity index (χ1n) is 8.73. The van der Waals surface area contributed by atoms with Crippen molar-refractivity contribution in [3.63, 3.8) is 0 Å². The van der Waals surface area contributed by atoms with Crippen molar-refractivity contribution in [2.24, 2.45) is 5.10 Å². The van der Waals surface area contributed by atoms with Crippen molar-refractivity contribution in [3.05, 3.63) is 51.7 Å². The van der Waals surface area contributed by atoms with Crippen molar-refractivity contribution in [2.75, 3.05) is 37.6 Å². The Bertz CT molecular complexity index is 754. The molecule has 0 radical (unpaired) electrons. The van der Waals surface area contributed by atoms with Crippen molar-refractivity contribution in [3.8, 4) is 0 Å². The van der Waals surface area contributed by atoms with E-state index in [-0.39, 0.29) is 5.91 Å². The van der Waals surface area contributed by atoms with Gasteiger partial charge < -0.3 is 4.90 Å². The zero-order valence-electron chi connectivity index (χ0n) is 14.8. The number of hydrazone groups is 1. The molecule has 0 spiro atoms. The number of para-hydroxylation sites is 1. The molecule has 0 saturated carbocycles. The maximum atomic E-state index is 12.0. The van der Waals surface area contributed by atoms with E-state index in [1.165, 1.54) is 17.0 Å². The van der Waals surface area contributed by atoms with Gasteiger partial charge in [-0.2, -0.15) is 5.10 Å². The Kier molecular flexibility index (Phi) is 6.66. The van der Waals surface area contributed by atoms with Crippen LogP contribution in [-0.2, 0) is 4.79 Å². The first kappa shape index (κ1) is 18.9. The lowest BCUT2D eigenvalue weighted by molar-refractivity contribution is -0.121. The van der Waals surface area contributed by atoms with E-state index in [0.717, 1.165) is 47.6 Å². The molecule has 0 bridgehead atoms. The molecule has 5 nitrogen and oxygen atoms in total. The first-order chi connectivity index (χ1) is 12.6. The Morgan fingerprint density at radius 2 is 1.88 bits per heavy atom. The lowest BCUT2D eigenvalue weighted by Crippen LogP contribution is -2.47. The summed E-state index contributed by atoms with van der Waals surface area (Å²) in [5.74, 6) is -0.0579. The molecule has 1 amide bonds. The minimum Gasteiger partial charge on any atom is -0.369 e. The molecule has 1 saturated heterocycles. The van der Waals surface area contributed by atoms with Crippen LogP contribution in [0.25, 0.3) is 0 Å². The van der Waals surface area contributed by atoms with Gasteiger partial charge >= 0.3 is 0 Å². The minimum absolute atomic E-state index is 0.0579. The summed E-state index contributed by atoms with van der Waals surface area (Å²) in [4.78, 5) is 17.7. The minimum atomic E-state index is -0.0579. The van der Waals surface area contributed by atoms with Crippen LogP contribution in [0.2, 0.25) is 4.34 Å². The summed E-state index contributed by atoms with van der Waals surface area (Å²) in [6, 6.07) is 14.2. The summed E-state index contributed by atoms with van der Waals surface area (Å²) in [7, 11) is 0. The summed E-state index contributed by atoms with van der Waals surface area (Å²) in [6.07, 6.45) is 0.452. The van der Waals surface area contributed by atoms with E-state index < -0.39 is 0 Å². The number of nitrogens with zero attached hydrogens (tertiary/aromatic N) is 3. The topological polar surface area (TPSA) is 47.9 Å². The van der Waals surface area contributed by atoms with E-state index in [1.807, 2.05) is 25.1 Å². The monoisotopic (exact) mass is 390 g/mol. The molecule has 3 rings (SSSR count). The number of hydrogen-bond donors (Lipinski definition) is 1. The predicted molar refractivity (Wildman–Crippen MR) is 109 cm³/mol. The van der Waals surface area contributed by atoms with Crippen LogP contribution in [0, 0.1) is 0 Å². The fourth-order valence-electron chi connectivity index (χ4n) is 2.89. The zero-order chi connectivity index (χ0) is 18.4. The molecule has 0 aliphatic carbocycles. The van der Waals surface area contributed by atoms with Gasteiger partial charge in [0.1, 0.15) is 0 Å². The SMILES string of the molecule is CC(=NNC(=O)CCN1CCN(c2ccccc2)CC1)c1ccc(Cl)s1. The van der Waals surface area contributed by atoms with Gasteiger partial charge in [-0.25, -0.2) is 5.43 Å². The fraction of sp³-hybridized carbons (Fsp3) is 0.368. The molecule has 0 unspecified atom stereocenters. The van der Waals surface area contributed by atoms with E-state index in [0.29, 0.717) is 6.42 Å². The van der Waals surface area contributed by atoms with Crippen LogP contribution in [0.1, 0.15) is 18.2 Å². The second-order valence-corrected chi connectivity index (χ2v) is 7.97. The van der Waals surface area contributed by atoms with Crippen LogP contribution >= 0.6 is 22.9 Å². The second kappa shape index (κ2) is 9.16. The van der Waals surface area contributed by atoms with Gasteiger partial charge in [0.2, 0.25) is 5.91 Å². The molecule has 0 atom stereocenters. The van der Waals surface area contributed by atoms with Crippen molar-refractivity contribution in [1.29, 1.82) is 0 Å². The normalized spacial score (nSPS) is 15.9. The summed E-state index contributed by atoms with van der Waals surface area (Å²) in [5, 5.41) is 4.17. The van der Waals surface area contributed by atoms with Gasteiger partial charge in [-0.3, -0.25) is 9.69 Å². The van der Waals surface area contributed by atoms with Gasteiger partial charge in [-0.15, -0.1) is 11.3 Å². The van der Waals surface area contributed by atoms with Gasteiger partial charge in [-0.05, 0) is 31.2 Å². The number of piperazine rings is 1. The smallest absolute Gasteiger partial charge is 0.241 e. The van der Waals surface area contributed by atoms with E-state index in [4.69, 9.17) is 11.6 Å². The molecule has 1 aliphatic rings. The Balaban J connectivity index is 1.39. The predicted octanol–water partition coefficient (Wildman–Crippen LogP) is 3.45. The van der Waals surface area contributed by atoms with Crippen LogP contribution in [-0.4, -0.2) is 49.2 Å². The Labute approximate surface area is 163 Å². The molecule has 1 aromatic carbocycles. The third-order valence-electron chi connectivity index (χ3n) is 4.43. The highest BCUT2D eigenvalue weighted by molar-refractivity contribution is 7.18. The van der Waals surface area contributed by atoms with E-state index >= 15 is 0 Å². The standard InChI is InChI=1S/C19H23ClN4OS/c1-15(17-7-8-18(20)26-17)21-22-19(25)9-10-23-11-13-24(14-12-23)16-5-3-2-4-6-16/h2-8H,9-14H2,1H3,(H,22,25). The van der Waals surface area contributed by atoms with Crippen LogP contribution in [0.5, 0.6) is 0 Å². The number of rotatable bonds is 6. The fourth-order valence-corrected chi connectivity index (χ4v) is 3.88. The lowest BCUT2D eigenvalue weighted by atomic mass is 10.2. The number of amides is 1. The van der Waals surface area contributed by atoms with Crippen molar-refractivity contribution >= 4 is 40.2 Å². The van der Waals surface area contributed by atoms with E-state index in [2.05, 4.69) is 44.6 Å². The molecule has 138 valence electrons. The highest BCUT2D eigenvalue weighted by Gasteiger charge is 2.17. The second-order valence-electron chi connectivity index (χ2n) is 6.25. The van der Waals surface area contributed by atoms with Gasteiger partial charge in [0.05, 0.1) is 14.9 Å². The molecule has 1 fully saturated rings. The number of carbonyl (C=O) groups excluding carboxylic acids is 1. The molecule has 1 N–H and O–H groups in total. The number of nitrogens with one attached hydrogen (secondary N) is 1. The molecular weight excluding hydrogens is 368 g/mol. The van der Waals surface area contributed by atoms with Gasteiger partial charge in [0, 0.05) is 44.8 Å². The third-order valence-corrected chi connectivity index (χ3v) is 5.77. The molecule has 26 heavy (non-hydrogen) atoms. The Hall–Kier alpha value is -1.89. The van der Waals surface area contributed by atoms with Crippen LogP contribution in [0.15, 0.2) is 47.6 Å². The lowest BCUT2D eigenvalue weighted by Gasteiger charge is -2.36. The maximum Gasteiger partial charge on any atom is 0.241 e. The molecule has 7 heteroatoms. The first-order valence-corrected chi connectivity index (χ1v) is 9.92. The quantitative estimate of drug-likeness (QED) is 0.607. The number of carbonyl (C=O) groups is 1. The van der Waals surface area contributed by atoms with E-state index in [1.54, 1.807) is 0 Å². The summed E-state index contributed by atoms with van der Waals surface area (Å²) >= 11 is 7.37. The third kappa shape index (κ3) is 5.30. The van der Waals surface area contributed by atoms with Gasteiger partial charge in [0.15, 0.2) is 0 Å². The van der Waals surface area contributed by atoms with Crippen molar-refractivity contribution in [2.45, 2.75) is 13.3 Å². The number of benzene rings is 1. The van der Waals surface area contributed by atoms with Gasteiger partial charge in [0.25, 0.3) is 0 Å². The highest BCUT2D eigenvalue weighted by Crippen LogP contribution is 2.21. The Morgan fingerprint density at radius 1 is 1.15 bits per heavy atom. The summed E-state index contributed by atoms with van der Waals surface area (Å²) < 4.78 is 0.718. The van der Waals surface area contributed by atoms with Crippen molar-refractivity contribution < 1.29 is 4.79 Å². The highest BCUT2D eigenvalue weighted by atomic mass is 35.5. The van der Waals surface area contributed by atoms with Crippen molar-refractivity contribution in [1.82, 2.24) is 10.3 Å².